The Kier molecular flexibility index (Phi) is 3.93. The SMILES string of the molecule is O=C(CCCCl)Nc1cccc2n[se]nc12. The Labute approximate surface area is 104 Å². The Bertz CT molecular complexity index is 500. The fraction of sp³-hybridized carbons (Fsp3) is 0.300. The van der Waals surface area contributed by atoms with Crippen LogP contribution in [0.15, 0.2) is 18.2 Å². The van der Waals surface area contributed by atoms with Crippen molar-refractivity contribution in [1.82, 2.24) is 7.96 Å². The van der Waals surface area contributed by atoms with Crippen LogP contribution < -0.4 is 5.32 Å². The molecule has 0 bridgehead atoms. The summed E-state index contributed by atoms with van der Waals surface area (Å²) >= 11 is 5.46. The summed E-state index contributed by atoms with van der Waals surface area (Å²) in [6.07, 6.45) is 1.13. The standard InChI is InChI=1S/C10H10ClN3OSe/c11-6-2-5-9(15)12-7-3-1-4-8-10(7)14-16-13-8/h1,3-4H,2,5-6H2,(H,12,15). The zero-order valence-electron chi connectivity index (χ0n) is 8.44. The van der Waals surface area contributed by atoms with Gasteiger partial charge < -0.3 is 0 Å². The summed E-state index contributed by atoms with van der Waals surface area (Å²) in [5.41, 5.74) is 2.43. The average Bonchev–Trinajstić information content (AvgIpc) is 2.75. The van der Waals surface area contributed by atoms with Crippen molar-refractivity contribution in [2.45, 2.75) is 12.8 Å². The number of aromatic nitrogens is 2. The third kappa shape index (κ3) is 2.61. The van der Waals surface area contributed by atoms with E-state index < -0.39 is 0 Å². The van der Waals surface area contributed by atoms with Crippen LogP contribution >= 0.6 is 11.6 Å². The first-order valence-corrected chi connectivity index (χ1v) is 6.95. The summed E-state index contributed by atoms with van der Waals surface area (Å²) in [5.74, 6) is 0.479. The molecule has 1 heterocycles. The number of carbonyl (C=O) groups excluding carboxylic acids is 1. The topological polar surface area (TPSA) is 54.9 Å². The van der Waals surface area contributed by atoms with E-state index >= 15 is 0 Å². The van der Waals surface area contributed by atoms with Gasteiger partial charge in [0.1, 0.15) is 0 Å². The Hall–Kier alpha value is -0.901. The molecule has 0 aliphatic rings. The number of fused-ring (bicyclic) bond motifs is 1. The number of anilines is 1. The van der Waals surface area contributed by atoms with Gasteiger partial charge in [-0.15, -0.1) is 0 Å². The normalized spacial score (nSPS) is 10.6. The van der Waals surface area contributed by atoms with E-state index in [4.69, 9.17) is 11.6 Å². The van der Waals surface area contributed by atoms with Crippen LogP contribution in [0.25, 0.3) is 11.0 Å². The maximum absolute atomic E-state index is 11.5. The zero-order chi connectivity index (χ0) is 11.4. The minimum absolute atomic E-state index is 0.0244. The second-order valence-electron chi connectivity index (χ2n) is 3.28. The second kappa shape index (κ2) is 5.43. The van der Waals surface area contributed by atoms with Gasteiger partial charge in [-0.1, -0.05) is 0 Å². The molecule has 0 saturated heterocycles. The van der Waals surface area contributed by atoms with Gasteiger partial charge in [0.2, 0.25) is 0 Å². The van der Waals surface area contributed by atoms with Gasteiger partial charge in [0.25, 0.3) is 0 Å². The molecule has 0 fully saturated rings. The van der Waals surface area contributed by atoms with Crippen LogP contribution in [0.4, 0.5) is 5.69 Å². The molecule has 0 atom stereocenters. The molecule has 0 aliphatic carbocycles. The molecule has 1 aromatic heterocycles. The van der Waals surface area contributed by atoms with Crippen molar-refractivity contribution >= 4 is 49.2 Å². The maximum atomic E-state index is 11.5. The van der Waals surface area contributed by atoms with Crippen LogP contribution in [0.1, 0.15) is 12.8 Å². The van der Waals surface area contributed by atoms with Gasteiger partial charge in [-0.3, -0.25) is 0 Å². The van der Waals surface area contributed by atoms with E-state index in [9.17, 15) is 4.79 Å². The molecule has 1 aromatic carbocycles. The van der Waals surface area contributed by atoms with E-state index in [1.807, 2.05) is 18.2 Å². The Morgan fingerprint density at radius 2 is 2.31 bits per heavy atom. The summed E-state index contributed by atoms with van der Waals surface area (Å²) < 4.78 is 8.54. The second-order valence-corrected chi connectivity index (χ2v) is 4.76. The molecule has 84 valence electrons. The van der Waals surface area contributed by atoms with Crippen molar-refractivity contribution in [2.75, 3.05) is 11.2 Å². The molecule has 6 heteroatoms. The van der Waals surface area contributed by atoms with Crippen LogP contribution in [-0.2, 0) is 4.79 Å². The van der Waals surface area contributed by atoms with Gasteiger partial charge in [0.05, 0.1) is 0 Å². The van der Waals surface area contributed by atoms with Crippen molar-refractivity contribution < 1.29 is 4.79 Å². The Morgan fingerprint density at radius 3 is 3.12 bits per heavy atom. The number of nitrogens with one attached hydrogen (secondary N) is 1. The number of hydrogen-bond acceptors (Lipinski definition) is 3. The predicted octanol–water partition coefficient (Wildman–Crippen LogP) is 1.64. The first-order chi connectivity index (χ1) is 7.81. The van der Waals surface area contributed by atoms with Gasteiger partial charge in [0, 0.05) is 0 Å². The molecular weight excluding hydrogens is 293 g/mol. The summed E-state index contributed by atoms with van der Waals surface area (Å²) in [4.78, 5) is 11.5. The molecule has 1 N–H and O–H groups in total. The van der Waals surface area contributed by atoms with E-state index in [2.05, 4.69) is 13.3 Å². The van der Waals surface area contributed by atoms with Gasteiger partial charge in [0.15, 0.2) is 0 Å². The van der Waals surface area contributed by atoms with Gasteiger partial charge in [-0.2, -0.15) is 0 Å². The van der Waals surface area contributed by atoms with E-state index in [-0.39, 0.29) is 20.9 Å². The molecule has 0 unspecified atom stereocenters. The van der Waals surface area contributed by atoms with Crippen LogP contribution in [-0.4, -0.2) is 34.7 Å². The number of nitrogens with zero attached hydrogens (tertiary/aromatic N) is 2. The molecule has 0 spiro atoms. The quantitative estimate of drug-likeness (QED) is 0.690. The summed E-state index contributed by atoms with van der Waals surface area (Å²) in [5, 5.41) is 2.84. The first-order valence-electron chi connectivity index (χ1n) is 4.88. The molecular formula is C10H10ClN3OSe. The number of rotatable bonds is 4. The van der Waals surface area contributed by atoms with Crippen molar-refractivity contribution in [3.05, 3.63) is 18.2 Å². The molecule has 2 aromatic rings. The number of hydrogen-bond donors (Lipinski definition) is 1. The van der Waals surface area contributed by atoms with Crippen LogP contribution in [0.2, 0.25) is 0 Å². The van der Waals surface area contributed by atoms with E-state index in [1.54, 1.807) is 0 Å². The summed E-state index contributed by atoms with van der Waals surface area (Å²) in [6, 6.07) is 5.62. The van der Waals surface area contributed by atoms with Crippen LogP contribution in [0, 0.1) is 0 Å². The zero-order valence-corrected chi connectivity index (χ0v) is 10.9. The Balaban J connectivity index is 2.14. The summed E-state index contributed by atoms with van der Waals surface area (Å²) in [7, 11) is 0. The number of benzene rings is 1. The molecule has 4 nitrogen and oxygen atoms in total. The van der Waals surface area contributed by atoms with Gasteiger partial charge in [-0.25, -0.2) is 0 Å². The van der Waals surface area contributed by atoms with E-state index in [1.165, 1.54) is 0 Å². The third-order valence-corrected chi connectivity index (χ3v) is 3.50. The first kappa shape index (κ1) is 11.6. The number of carbonyl (C=O) groups is 1. The molecule has 16 heavy (non-hydrogen) atoms. The van der Waals surface area contributed by atoms with E-state index in [0.29, 0.717) is 18.7 Å². The molecule has 0 radical (unpaired) electrons. The third-order valence-electron chi connectivity index (χ3n) is 2.10. The van der Waals surface area contributed by atoms with Crippen LogP contribution in [0.3, 0.4) is 0 Å². The minimum atomic E-state index is -0.0701. The fourth-order valence-corrected chi connectivity index (χ4v) is 2.63. The van der Waals surface area contributed by atoms with Gasteiger partial charge in [-0.05, 0) is 0 Å². The number of halogens is 1. The Morgan fingerprint density at radius 1 is 1.44 bits per heavy atom. The summed E-state index contributed by atoms with van der Waals surface area (Å²) in [6.45, 7) is 0. The van der Waals surface area contributed by atoms with E-state index in [0.717, 1.165) is 16.7 Å². The van der Waals surface area contributed by atoms with Gasteiger partial charge >= 0.3 is 104 Å². The van der Waals surface area contributed by atoms with Crippen molar-refractivity contribution in [3.63, 3.8) is 0 Å². The molecule has 1 amide bonds. The predicted molar refractivity (Wildman–Crippen MR) is 65.1 cm³/mol. The molecule has 0 aliphatic heterocycles. The number of amides is 1. The molecule has 0 saturated carbocycles. The van der Waals surface area contributed by atoms with Crippen LogP contribution in [0.5, 0.6) is 0 Å². The molecule has 2 rings (SSSR count). The van der Waals surface area contributed by atoms with Crippen molar-refractivity contribution in [3.8, 4) is 0 Å². The monoisotopic (exact) mass is 303 g/mol. The fourth-order valence-electron chi connectivity index (χ4n) is 1.35. The number of alkyl halides is 1. The van der Waals surface area contributed by atoms with Crippen molar-refractivity contribution in [2.24, 2.45) is 0 Å². The average molecular weight is 303 g/mol. The van der Waals surface area contributed by atoms with Crippen molar-refractivity contribution in [1.29, 1.82) is 0 Å².